The third-order valence-corrected chi connectivity index (χ3v) is 5.15. The predicted molar refractivity (Wildman–Crippen MR) is 97.2 cm³/mol. The van der Waals surface area contributed by atoms with Gasteiger partial charge in [-0.3, -0.25) is 4.79 Å². The molecule has 3 aromatic rings. The van der Waals surface area contributed by atoms with E-state index in [9.17, 15) is 4.79 Å². The van der Waals surface area contributed by atoms with Gasteiger partial charge in [-0.2, -0.15) is 0 Å². The first-order chi connectivity index (χ1) is 11.7. The maximum Gasteiger partial charge on any atom is 0.239 e. The minimum atomic E-state index is -0.299. The molecule has 1 N–H and O–H groups in total. The molecule has 0 saturated heterocycles. The SMILES string of the molecule is CCn1c(SC(C)C(=O)Nc2nccs2)nnc1-c1ccccc1. The molecule has 1 unspecified atom stereocenters. The Morgan fingerprint density at radius 2 is 2.12 bits per heavy atom. The number of carbonyl (C=O) groups excluding carboxylic acids is 1. The van der Waals surface area contributed by atoms with Gasteiger partial charge in [0.25, 0.3) is 0 Å². The molecule has 8 heteroatoms. The van der Waals surface area contributed by atoms with Gasteiger partial charge in [0.1, 0.15) is 0 Å². The topological polar surface area (TPSA) is 72.7 Å². The summed E-state index contributed by atoms with van der Waals surface area (Å²) in [6.45, 7) is 4.63. The molecule has 0 spiro atoms. The van der Waals surface area contributed by atoms with E-state index in [-0.39, 0.29) is 11.2 Å². The molecule has 1 amide bonds. The van der Waals surface area contributed by atoms with Crippen LogP contribution in [0.5, 0.6) is 0 Å². The van der Waals surface area contributed by atoms with Crippen molar-refractivity contribution in [3.05, 3.63) is 41.9 Å². The predicted octanol–water partition coefficient (Wildman–Crippen LogP) is 3.54. The number of carbonyl (C=O) groups is 1. The van der Waals surface area contributed by atoms with Crippen LogP contribution < -0.4 is 5.32 Å². The van der Waals surface area contributed by atoms with Crippen molar-refractivity contribution in [1.82, 2.24) is 19.7 Å². The Bertz CT molecular complexity index is 801. The standard InChI is InChI=1S/C16H17N5OS2/c1-3-21-13(12-7-5-4-6-8-12)19-20-16(21)24-11(2)14(22)18-15-17-9-10-23-15/h4-11H,3H2,1-2H3,(H,17,18,22). The van der Waals surface area contributed by atoms with Crippen molar-refractivity contribution < 1.29 is 4.79 Å². The molecule has 0 saturated carbocycles. The van der Waals surface area contributed by atoms with E-state index in [2.05, 4.69) is 20.5 Å². The lowest BCUT2D eigenvalue weighted by Crippen LogP contribution is -2.22. The Labute approximate surface area is 148 Å². The fraction of sp³-hybridized carbons (Fsp3) is 0.250. The summed E-state index contributed by atoms with van der Waals surface area (Å²) in [4.78, 5) is 16.3. The number of anilines is 1. The van der Waals surface area contributed by atoms with E-state index in [1.165, 1.54) is 23.1 Å². The lowest BCUT2D eigenvalue weighted by Gasteiger charge is -2.11. The fourth-order valence-electron chi connectivity index (χ4n) is 2.17. The number of nitrogens with one attached hydrogen (secondary N) is 1. The van der Waals surface area contributed by atoms with E-state index >= 15 is 0 Å². The van der Waals surface area contributed by atoms with Crippen molar-refractivity contribution in [2.45, 2.75) is 30.8 Å². The van der Waals surface area contributed by atoms with Gasteiger partial charge in [-0.15, -0.1) is 21.5 Å². The first kappa shape index (κ1) is 16.7. The fourth-order valence-corrected chi connectivity index (χ4v) is 3.61. The van der Waals surface area contributed by atoms with Gasteiger partial charge < -0.3 is 9.88 Å². The van der Waals surface area contributed by atoms with E-state index in [0.717, 1.165) is 23.1 Å². The summed E-state index contributed by atoms with van der Waals surface area (Å²) in [7, 11) is 0. The van der Waals surface area contributed by atoms with Crippen LogP contribution >= 0.6 is 23.1 Å². The van der Waals surface area contributed by atoms with E-state index in [1.807, 2.05) is 54.1 Å². The summed E-state index contributed by atoms with van der Waals surface area (Å²) < 4.78 is 2.02. The van der Waals surface area contributed by atoms with Gasteiger partial charge in [0.15, 0.2) is 16.1 Å². The molecule has 3 rings (SSSR count). The number of thioether (sulfide) groups is 1. The number of thiazole rings is 1. The molecule has 0 fully saturated rings. The monoisotopic (exact) mass is 359 g/mol. The Balaban J connectivity index is 1.75. The molecule has 0 aliphatic rings. The highest BCUT2D eigenvalue weighted by Crippen LogP contribution is 2.27. The first-order valence-corrected chi connectivity index (χ1v) is 9.30. The molecule has 0 aliphatic heterocycles. The maximum absolute atomic E-state index is 12.3. The van der Waals surface area contributed by atoms with Gasteiger partial charge in [-0.1, -0.05) is 42.1 Å². The van der Waals surface area contributed by atoms with Gasteiger partial charge in [0.05, 0.1) is 5.25 Å². The average molecular weight is 359 g/mol. The number of nitrogens with zero attached hydrogens (tertiary/aromatic N) is 4. The molecule has 1 atom stereocenters. The average Bonchev–Trinajstić information content (AvgIpc) is 3.25. The molecule has 0 radical (unpaired) electrons. The van der Waals surface area contributed by atoms with Crippen LogP contribution in [0.25, 0.3) is 11.4 Å². The molecule has 124 valence electrons. The van der Waals surface area contributed by atoms with Crippen molar-refractivity contribution in [1.29, 1.82) is 0 Å². The zero-order chi connectivity index (χ0) is 16.9. The second kappa shape index (κ2) is 7.59. The molecule has 0 bridgehead atoms. The molecule has 6 nitrogen and oxygen atoms in total. The highest BCUT2D eigenvalue weighted by atomic mass is 32.2. The van der Waals surface area contributed by atoms with Gasteiger partial charge in [-0.05, 0) is 13.8 Å². The Morgan fingerprint density at radius 3 is 2.79 bits per heavy atom. The van der Waals surface area contributed by atoms with Gasteiger partial charge in [-0.25, -0.2) is 4.98 Å². The summed E-state index contributed by atoms with van der Waals surface area (Å²) >= 11 is 2.79. The first-order valence-electron chi connectivity index (χ1n) is 7.54. The lowest BCUT2D eigenvalue weighted by atomic mass is 10.2. The van der Waals surface area contributed by atoms with Crippen LogP contribution in [0.15, 0.2) is 47.1 Å². The van der Waals surface area contributed by atoms with Crippen LogP contribution in [-0.2, 0) is 11.3 Å². The van der Waals surface area contributed by atoms with Crippen molar-refractivity contribution in [2.75, 3.05) is 5.32 Å². The van der Waals surface area contributed by atoms with E-state index in [1.54, 1.807) is 6.20 Å². The third-order valence-electron chi connectivity index (χ3n) is 3.38. The molecular weight excluding hydrogens is 342 g/mol. The lowest BCUT2D eigenvalue weighted by molar-refractivity contribution is -0.115. The maximum atomic E-state index is 12.3. The Morgan fingerprint density at radius 1 is 1.33 bits per heavy atom. The van der Waals surface area contributed by atoms with Crippen molar-refractivity contribution in [3.63, 3.8) is 0 Å². The number of amides is 1. The van der Waals surface area contributed by atoms with E-state index in [0.29, 0.717) is 5.13 Å². The second-order valence-corrected chi connectivity index (χ2v) is 7.21. The number of hydrogen-bond acceptors (Lipinski definition) is 6. The van der Waals surface area contributed by atoms with E-state index < -0.39 is 0 Å². The Kier molecular flexibility index (Phi) is 5.27. The highest BCUT2D eigenvalue weighted by molar-refractivity contribution is 8.00. The molecular formula is C16H17N5OS2. The number of hydrogen-bond donors (Lipinski definition) is 1. The summed E-state index contributed by atoms with van der Waals surface area (Å²) in [6.07, 6.45) is 1.66. The summed E-state index contributed by atoms with van der Waals surface area (Å²) in [5.74, 6) is 0.718. The summed E-state index contributed by atoms with van der Waals surface area (Å²) in [5, 5.41) is 14.2. The van der Waals surface area contributed by atoms with Crippen molar-refractivity contribution in [3.8, 4) is 11.4 Å². The zero-order valence-corrected chi connectivity index (χ0v) is 15.0. The quantitative estimate of drug-likeness (QED) is 0.682. The second-order valence-electron chi connectivity index (χ2n) is 5.00. The van der Waals surface area contributed by atoms with Gasteiger partial charge >= 0.3 is 0 Å². The molecule has 0 aliphatic carbocycles. The number of rotatable bonds is 6. The van der Waals surface area contributed by atoms with Crippen LogP contribution in [0.3, 0.4) is 0 Å². The highest BCUT2D eigenvalue weighted by Gasteiger charge is 2.20. The van der Waals surface area contributed by atoms with Crippen molar-refractivity contribution in [2.24, 2.45) is 0 Å². The van der Waals surface area contributed by atoms with Crippen LogP contribution in [0.4, 0.5) is 5.13 Å². The van der Waals surface area contributed by atoms with E-state index in [4.69, 9.17) is 0 Å². The van der Waals surface area contributed by atoms with Gasteiger partial charge in [0, 0.05) is 23.7 Å². The minimum Gasteiger partial charge on any atom is -0.302 e. The smallest absolute Gasteiger partial charge is 0.239 e. The molecule has 24 heavy (non-hydrogen) atoms. The van der Waals surface area contributed by atoms with Gasteiger partial charge in [0.2, 0.25) is 5.91 Å². The molecule has 2 heterocycles. The Hall–Kier alpha value is -2.19. The molecule has 1 aromatic carbocycles. The third kappa shape index (κ3) is 3.65. The van der Waals surface area contributed by atoms with Crippen LogP contribution in [0.2, 0.25) is 0 Å². The normalized spacial score (nSPS) is 12.1. The molecule has 2 aromatic heterocycles. The van der Waals surface area contributed by atoms with Crippen LogP contribution in [-0.4, -0.2) is 30.9 Å². The summed E-state index contributed by atoms with van der Waals surface area (Å²) in [5.41, 5.74) is 1.01. The number of aromatic nitrogens is 4. The largest absolute Gasteiger partial charge is 0.302 e. The van der Waals surface area contributed by atoms with Crippen LogP contribution in [0.1, 0.15) is 13.8 Å². The summed E-state index contributed by atoms with van der Waals surface area (Å²) in [6, 6.07) is 9.92. The van der Waals surface area contributed by atoms with Crippen LogP contribution in [0, 0.1) is 0 Å². The zero-order valence-electron chi connectivity index (χ0n) is 13.3. The van der Waals surface area contributed by atoms with Crippen molar-refractivity contribution >= 4 is 34.1 Å². The number of benzene rings is 1. The minimum absolute atomic E-state index is 0.0955.